The van der Waals surface area contributed by atoms with Gasteiger partial charge in [-0.05, 0) is 87.7 Å². The topological polar surface area (TPSA) is 195 Å². The second-order valence-corrected chi connectivity index (χ2v) is 20.7. The number of aromatic nitrogens is 2. The molecule has 1 aromatic heterocycles. The number of sulfonamides is 1. The maximum absolute atomic E-state index is 14.8. The van der Waals surface area contributed by atoms with E-state index in [9.17, 15) is 36.4 Å². The van der Waals surface area contributed by atoms with Crippen LogP contribution in [-0.4, -0.2) is 102 Å². The number of hydrogen-bond donors (Lipinski definition) is 3. The molecule has 8 atom stereocenters. The summed E-state index contributed by atoms with van der Waals surface area (Å²) in [6, 6.07) is 2.87. The first-order chi connectivity index (χ1) is 27.7. The molecule has 18 heteroatoms. The Morgan fingerprint density at radius 3 is 2.51 bits per heavy atom. The Bertz CT molecular complexity index is 2100. The number of carbonyl (C=O) groups excluding carboxylic acids is 4. The number of benzene rings is 1. The lowest BCUT2D eigenvalue weighted by atomic mass is 9.85. The van der Waals surface area contributed by atoms with Crippen molar-refractivity contribution >= 4 is 44.9 Å². The van der Waals surface area contributed by atoms with Crippen LogP contribution in [-0.2, 0) is 35.6 Å². The number of carbonyl (C=O) groups is 4. The number of rotatable bonds is 9. The van der Waals surface area contributed by atoms with Gasteiger partial charge in [-0.1, -0.05) is 40.5 Å². The molecule has 3 aliphatic carbocycles. The number of fused-ring (bicyclic) bond motifs is 5. The zero-order valence-corrected chi connectivity index (χ0v) is 35.3. The molecule has 0 radical (unpaired) electrons. The van der Waals surface area contributed by atoms with Crippen molar-refractivity contribution < 1.29 is 50.6 Å². The van der Waals surface area contributed by atoms with Crippen LogP contribution in [0.4, 0.5) is 13.6 Å². The molecule has 7 rings (SSSR count). The molecule has 2 bridgehead atoms. The van der Waals surface area contributed by atoms with E-state index in [2.05, 4.69) is 15.4 Å². The van der Waals surface area contributed by atoms with E-state index < -0.39 is 92.4 Å². The van der Waals surface area contributed by atoms with Gasteiger partial charge in [0.1, 0.15) is 41.3 Å². The molecule has 4 amide bonds. The van der Waals surface area contributed by atoms with Crippen molar-refractivity contribution in [3.8, 4) is 11.6 Å². The summed E-state index contributed by atoms with van der Waals surface area (Å²) in [5.41, 5.74) is -0.927. The third-order valence-corrected chi connectivity index (χ3v) is 15.1. The number of methoxy groups -OCH3 is 1. The number of amides is 4. The fraction of sp³-hybridized carbons (Fsp3) is 0.707. The predicted octanol–water partition coefficient (Wildman–Crippen LogP) is 4.80. The first-order valence-corrected chi connectivity index (χ1v) is 22.2. The lowest BCUT2D eigenvalue weighted by Crippen LogP contribution is -2.61. The number of hydrogen-bond acceptors (Lipinski definition) is 11. The fourth-order valence-electron chi connectivity index (χ4n) is 8.51. The zero-order valence-electron chi connectivity index (χ0n) is 34.5. The van der Waals surface area contributed by atoms with Crippen molar-refractivity contribution in [2.24, 2.45) is 23.2 Å². The Morgan fingerprint density at radius 2 is 1.83 bits per heavy atom. The van der Waals surface area contributed by atoms with Crippen LogP contribution in [0.25, 0.3) is 11.0 Å². The molecule has 324 valence electrons. The fourth-order valence-corrected chi connectivity index (χ4v) is 9.82. The van der Waals surface area contributed by atoms with Crippen LogP contribution >= 0.6 is 0 Å². The van der Waals surface area contributed by atoms with E-state index in [0.717, 1.165) is 32.1 Å². The number of nitrogens with one attached hydrogen (secondary N) is 3. The Balaban J connectivity index is 1.25. The molecule has 2 aromatic rings. The van der Waals surface area contributed by atoms with Gasteiger partial charge in [-0.3, -0.25) is 19.1 Å². The van der Waals surface area contributed by atoms with E-state index in [1.54, 1.807) is 46.9 Å². The molecule has 15 nitrogen and oxygen atoms in total. The highest BCUT2D eigenvalue weighted by molar-refractivity contribution is 7.91. The van der Waals surface area contributed by atoms with Gasteiger partial charge >= 0.3 is 6.09 Å². The molecule has 5 aliphatic rings. The summed E-state index contributed by atoms with van der Waals surface area (Å²) in [6.07, 6.45) is 0.0942. The molecule has 0 unspecified atom stereocenters. The second-order valence-electron chi connectivity index (χ2n) is 18.5. The van der Waals surface area contributed by atoms with Gasteiger partial charge in [0.2, 0.25) is 34.1 Å². The SMILES string of the molecule is COc1ccc2nc3c(nc2c1)O[C@H]1CN(C(=O)[C@H](C(C)(C)C)NC(=O)O[C@@H]2C[C@H]2CCCCC3)[C@H](C(=O)N[C@]2(C(=O)NS(=O)(=O)C3(C)CC3)C[C@H]2CCC(F)F)[C@@H]1C. The third kappa shape index (κ3) is 8.92. The lowest BCUT2D eigenvalue weighted by molar-refractivity contribution is -0.143. The maximum atomic E-state index is 14.8. The normalized spacial score (nSPS) is 30.7. The van der Waals surface area contributed by atoms with Crippen molar-refractivity contribution in [3.05, 3.63) is 23.9 Å². The summed E-state index contributed by atoms with van der Waals surface area (Å²) in [5.74, 6) is -2.94. The minimum Gasteiger partial charge on any atom is -0.497 e. The van der Waals surface area contributed by atoms with E-state index in [1.807, 2.05) is 6.07 Å². The van der Waals surface area contributed by atoms with Gasteiger partial charge in [-0.25, -0.2) is 32.0 Å². The summed E-state index contributed by atoms with van der Waals surface area (Å²) >= 11 is 0. The van der Waals surface area contributed by atoms with Crippen molar-refractivity contribution in [2.75, 3.05) is 13.7 Å². The van der Waals surface area contributed by atoms with Crippen LogP contribution in [0.2, 0.25) is 0 Å². The molecular weight excluding hydrogens is 791 g/mol. The van der Waals surface area contributed by atoms with E-state index >= 15 is 0 Å². The quantitative estimate of drug-likeness (QED) is 0.314. The third-order valence-electron chi connectivity index (χ3n) is 12.9. The minimum absolute atomic E-state index is 0.0713. The zero-order chi connectivity index (χ0) is 42.7. The molecule has 3 heterocycles. The van der Waals surface area contributed by atoms with Crippen molar-refractivity contribution in [1.29, 1.82) is 0 Å². The molecule has 3 saturated carbocycles. The number of aryl methyl sites for hydroxylation is 1. The van der Waals surface area contributed by atoms with E-state index in [-0.39, 0.29) is 37.3 Å². The van der Waals surface area contributed by atoms with Gasteiger partial charge in [0.25, 0.3) is 5.91 Å². The van der Waals surface area contributed by atoms with Crippen LogP contribution in [0.15, 0.2) is 18.2 Å². The molecule has 3 N–H and O–H groups in total. The molecule has 0 spiro atoms. The molecule has 59 heavy (non-hydrogen) atoms. The maximum Gasteiger partial charge on any atom is 0.408 e. The summed E-state index contributed by atoms with van der Waals surface area (Å²) in [7, 11) is -2.60. The van der Waals surface area contributed by atoms with Crippen LogP contribution in [0.1, 0.15) is 105 Å². The highest BCUT2D eigenvalue weighted by Crippen LogP contribution is 2.49. The average molecular weight is 847 g/mol. The van der Waals surface area contributed by atoms with Crippen molar-refractivity contribution in [2.45, 2.75) is 146 Å². The Morgan fingerprint density at radius 1 is 1.08 bits per heavy atom. The second kappa shape index (κ2) is 15.9. The summed E-state index contributed by atoms with van der Waals surface area (Å²) in [6.45, 7) is 8.40. The molecule has 1 aromatic carbocycles. The number of nitrogens with zero attached hydrogens (tertiary/aromatic N) is 3. The standard InChI is InChI=1S/C41H56F2N6O9S/c1-22-30-21-49(32(22)34(50)47-41(20-24(41)12-15-31(42)43)37(52)48-59(54,55)40(5)16-17-40)36(51)33(39(2,3)4)46-38(53)58-29-18-23(29)10-8-7-9-11-27-35(57-30)45-28-19-25(56-6)13-14-26(28)44-27/h13-14,19,22-24,29-33H,7-12,15-18,20-21H2,1-6H3,(H,46,53)(H,47,50)(H,48,52)/t22-,23-,24-,29-,30+,32+,33-,41-/m1/s1. The van der Waals surface area contributed by atoms with E-state index in [4.69, 9.17) is 24.2 Å². The highest BCUT2D eigenvalue weighted by atomic mass is 32.2. The smallest absolute Gasteiger partial charge is 0.408 e. The molecule has 4 fully saturated rings. The summed E-state index contributed by atoms with van der Waals surface area (Å²) < 4.78 is 72.0. The van der Waals surface area contributed by atoms with Gasteiger partial charge in [0.05, 0.1) is 29.4 Å². The highest BCUT2D eigenvalue weighted by Gasteiger charge is 2.64. The van der Waals surface area contributed by atoms with Crippen LogP contribution in [0, 0.1) is 23.2 Å². The number of alkyl carbamates (subject to hydrolysis) is 1. The first kappa shape index (κ1) is 42.8. The van der Waals surface area contributed by atoms with Gasteiger partial charge in [-0.2, -0.15) is 0 Å². The van der Waals surface area contributed by atoms with Crippen LogP contribution in [0.3, 0.4) is 0 Å². The summed E-state index contributed by atoms with van der Waals surface area (Å²) in [5, 5.41) is 5.52. The Labute approximate surface area is 343 Å². The van der Waals surface area contributed by atoms with Crippen molar-refractivity contribution in [1.82, 2.24) is 30.2 Å². The number of alkyl halides is 2. The Hall–Kier alpha value is -4.35. The summed E-state index contributed by atoms with van der Waals surface area (Å²) in [4.78, 5) is 67.9. The molecular formula is C41H56F2N6O9S. The van der Waals surface area contributed by atoms with Gasteiger partial charge in [0.15, 0.2) is 0 Å². The first-order valence-electron chi connectivity index (χ1n) is 20.7. The largest absolute Gasteiger partial charge is 0.497 e. The average Bonchev–Trinajstić information content (AvgIpc) is 4.12. The van der Waals surface area contributed by atoms with Gasteiger partial charge < -0.3 is 29.7 Å². The lowest BCUT2D eigenvalue weighted by Gasteiger charge is -2.36. The predicted molar refractivity (Wildman–Crippen MR) is 211 cm³/mol. The van der Waals surface area contributed by atoms with E-state index in [0.29, 0.717) is 41.7 Å². The Kier molecular flexibility index (Phi) is 11.5. The van der Waals surface area contributed by atoms with Crippen LogP contribution < -0.4 is 24.8 Å². The van der Waals surface area contributed by atoms with E-state index in [1.165, 1.54) is 11.8 Å². The van der Waals surface area contributed by atoms with Crippen molar-refractivity contribution in [3.63, 3.8) is 0 Å². The van der Waals surface area contributed by atoms with Crippen LogP contribution in [0.5, 0.6) is 11.6 Å². The van der Waals surface area contributed by atoms with Gasteiger partial charge in [0, 0.05) is 18.4 Å². The monoisotopic (exact) mass is 846 g/mol. The minimum atomic E-state index is -4.15. The van der Waals surface area contributed by atoms with Gasteiger partial charge in [-0.15, -0.1) is 0 Å². The molecule has 1 saturated heterocycles. The molecule has 2 aliphatic heterocycles. The number of halogens is 2. The number of ether oxygens (including phenoxy) is 3.